The van der Waals surface area contributed by atoms with E-state index >= 15 is 0 Å². The third-order valence-corrected chi connectivity index (χ3v) is 12.0. The minimum Gasteiger partial charge on any atom is -0.789 e. The van der Waals surface area contributed by atoms with E-state index in [9.17, 15) is 89.3 Å². The van der Waals surface area contributed by atoms with Gasteiger partial charge in [0.05, 0.1) is 61.2 Å². The van der Waals surface area contributed by atoms with E-state index in [0.717, 1.165) is 0 Å². The molecule has 0 aromatic rings. The Morgan fingerprint density at radius 3 is 0.981 bits per heavy atom. The lowest BCUT2D eigenvalue weighted by Gasteiger charge is -2.35. The second-order valence-corrected chi connectivity index (χ2v) is 17.1. The first-order chi connectivity index (χ1) is 23.8. The Bertz CT molecular complexity index is 1240. The van der Waals surface area contributed by atoms with Crippen LogP contribution in [-0.2, 0) is 35.9 Å². The molecule has 2 heterocycles. The molecule has 0 aromatic carbocycles. The molecule has 0 spiro atoms. The summed E-state index contributed by atoms with van der Waals surface area (Å²) in [5.74, 6) is 0. The maximum atomic E-state index is 12.9. The van der Waals surface area contributed by atoms with Gasteiger partial charge >= 0.3 is 52.5 Å². The van der Waals surface area contributed by atoms with Crippen molar-refractivity contribution in [3.05, 3.63) is 0 Å². The van der Waals surface area contributed by atoms with Crippen molar-refractivity contribution in [2.45, 2.75) is 102 Å². The van der Waals surface area contributed by atoms with Crippen LogP contribution in [0.15, 0.2) is 0 Å². The van der Waals surface area contributed by atoms with Gasteiger partial charge in [-0.15, -0.1) is 0 Å². The van der Waals surface area contributed by atoms with E-state index in [2.05, 4.69) is 36.6 Å². The number of phosphoric acid groups is 3. The van der Waals surface area contributed by atoms with Gasteiger partial charge in [0.25, 0.3) is 0 Å². The summed E-state index contributed by atoms with van der Waals surface area (Å²) >= 11 is 0. The molecule has 2 rings (SSSR count). The first-order valence-corrected chi connectivity index (χ1v) is 20.0. The van der Waals surface area contributed by atoms with Crippen molar-refractivity contribution in [3.8, 4) is 0 Å². The quantitative estimate of drug-likeness (QED) is 0.0840. The van der Waals surface area contributed by atoms with E-state index in [-0.39, 0.29) is 0 Å². The Morgan fingerprint density at radius 2 is 0.759 bits per heavy atom. The second kappa shape index (κ2) is 19.4. The van der Waals surface area contributed by atoms with Crippen LogP contribution in [0.4, 0.5) is 65.9 Å². The van der Waals surface area contributed by atoms with Crippen LogP contribution in [0.1, 0.15) is 65.2 Å². The Balaban J connectivity index is 0.00000112. The number of likely N-dealkylation sites (tertiary alicyclic amines) is 2. The summed E-state index contributed by atoms with van der Waals surface area (Å²) in [6.07, 6.45) is -32.3. The number of quaternary nitrogens is 2. The van der Waals surface area contributed by atoms with Crippen LogP contribution >= 0.6 is 23.5 Å². The zero-order valence-corrected chi connectivity index (χ0v) is 31.6. The summed E-state index contributed by atoms with van der Waals surface area (Å²) in [6, 6.07) is 0. The normalized spacial score (nSPS) is 19.7. The number of alkyl halides is 15. The molecule has 54 heavy (non-hydrogen) atoms. The van der Waals surface area contributed by atoms with Crippen LogP contribution < -0.4 is 9.79 Å². The maximum Gasteiger partial charge on any atom is 0.493 e. The molecule has 2 aliphatic heterocycles. The molecule has 0 saturated carbocycles. The Morgan fingerprint density at radius 1 is 0.500 bits per heavy atom. The molecule has 0 radical (unpaired) electrons. The molecule has 0 bridgehead atoms. The van der Waals surface area contributed by atoms with Gasteiger partial charge in [-0.3, -0.25) is 4.31 Å². The van der Waals surface area contributed by atoms with E-state index in [1.165, 1.54) is 99.6 Å². The lowest BCUT2D eigenvalue weighted by atomic mass is 10.3. The van der Waals surface area contributed by atoms with Crippen LogP contribution in [0.2, 0.25) is 0 Å². The molecule has 30 heteroatoms. The molecule has 2 fully saturated rings. The van der Waals surface area contributed by atoms with E-state index in [0.29, 0.717) is 0 Å². The van der Waals surface area contributed by atoms with Crippen molar-refractivity contribution >= 4 is 23.5 Å². The highest BCUT2D eigenvalue weighted by molar-refractivity contribution is 7.66. The standard InChI is InChI=1S/2C9H20N.C6H2F15O10P3/c2*1-3-4-7-10(2)8-5-6-9-10;7-1(8,9)4(16,17)27-33(25,28-5(18,19)2(10,11)12)31-34(26,30-32(22,23)24)29-6(20,21)3(13,14)15/h2*3-9H2,1-2H3;(H2,22,23,24)/q2*+1;/p-2. The van der Waals surface area contributed by atoms with Gasteiger partial charge in [-0.2, -0.15) is 70.2 Å². The number of unbranched alkanes of at least 4 members (excludes halogenated alkanes) is 2. The van der Waals surface area contributed by atoms with Gasteiger partial charge in [0, 0.05) is 25.7 Å². The fraction of sp³-hybridized carbons (Fsp3) is 1.00. The van der Waals surface area contributed by atoms with Crippen molar-refractivity contribution in [1.29, 1.82) is 0 Å². The first kappa shape index (κ1) is 53.3. The van der Waals surface area contributed by atoms with Crippen molar-refractivity contribution in [1.82, 2.24) is 0 Å². The van der Waals surface area contributed by atoms with Gasteiger partial charge in [0.2, 0.25) is 0 Å². The molecule has 1 unspecified atom stereocenters. The van der Waals surface area contributed by atoms with E-state index in [1.807, 2.05) is 13.6 Å². The molecule has 2 aliphatic rings. The number of hydrogen-bond acceptors (Lipinski definition) is 10. The Hall–Kier alpha value is -0.720. The van der Waals surface area contributed by atoms with Gasteiger partial charge in [-0.25, -0.2) is 22.7 Å². The van der Waals surface area contributed by atoms with Crippen molar-refractivity contribution < 1.29 is 120 Å². The Kier molecular flexibility index (Phi) is 19.1. The molecular weight excluding hydrogens is 854 g/mol. The van der Waals surface area contributed by atoms with Crippen LogP contribution in [0.25, 0.3) is 0 Å². The first-order valence-electron chi connectivity index (χ1n) is 15.6. The summed E-state index contributed by atoms with van der Waals surface area (Å²) in [5, 5.41) is 0. The number of halogens is 15. The van der Waals surface area contributed by atoms with E-state index < -0.39 is 60.3 Å². The summed E-state index contributed by atoms with van der Waals surface area (Å²) in [7, 11) is -19.4. The number of nitrogens with zero attached hydrogens (tertiary/aromatic N) is 2. The van der Waals surface area contributed by atoms with Crippen LogP contribution in [0.3, 0.4) is 0 Å². The highest BCUT2D eigenvalue weighted by atomic mass is 31.3. The largest absolute Gasteiger partial charge is 0.789 e. The summed E-state index contributed by atoms with van der Waals surface area (Å²) < 4.78 is 232. The zero-order chi connectivity index (χ0) is 42.9. The predicted octanol–water partition coefficient (Wildman–Crippen LogP) is 8.63. The molecule has 0 amide bonds. The molecule has 2 saturated heterocycles. The van der Waals surface area contributed by atoms with Gasteiger partial charge in [-0.05, 0) is 12.8 Å². The highest BCUT2D eigenvalue weighted by Gasteiger charge is 2.71. The van der Waals surface area contributed by atoms with Crippen LogP contribution in [0.5, 0.6) is 0 Å². The maximum absolute atomic E-state index is 12.9. The second-order valence-electron chi connectivity index (χ2n) is 12.5. The summed E-state index contributed by atoms with van der Waals surface area (Å²) in [5.41, 5.74) is 0. The minimum atomic E-state index is -8.55. The Labute approximate surface area is 299 Å². The summed E-state index contributed by atoms with van der Waals surface area (Å²) in [4.78, 5) is 20.6. The molecule has 0 aromatic heterocycles. The molecule has 1 atom stereocenters. The lowest BCUT2D eigenvalue weighted by molar-refractivity contribution is -0.897. The molecule has 0 N–H and O–H groups in total. The smallest absolute Gasteiger partial charge is 0.493 e. The van der Waals surface area contributed by atoms with Crippen molar-refractivity contribution in [2.75, 3.05) is 53.4 Å². The SMILES string of the molecule is CCCC[N+]1(C)CCCC1.CCCC[N+]1(C)CCCC1.O=P([O-])([O-])OP(=O)(OC(F)(F)C(F)(F)F)OP(=O)(OC(F)(F)C(F)(F)F)OC(F)(F)C(F)(F)F. The van der Waals surface area contributed by atoms with Gasteiger partial charge in [-0.1, -0.05) is 26.7 Å². The third kappa shape index (κ3) is 18.3. The molecule has 0 aliphatic carbocycles. The number of rotatable bonds is 16. The third-order valence-electron chi connectivity index (χ3n) is 7.46. The van der Waals surface area contributed by atoms with Crippen molar-refractivity contribution in [3.63, 3.8) is 0 Å². The lowest BCUT2D eigenvalue weighted by Crippen LogP contribution is -2.42. The van der Waals surface area contributed by atoms with E-state index in [1.54, 1.807) is 0 Å². The minimum absolute atomic E-state index is 1.36. The monoisotopic (exact) mass is 894 g/mol. The van der Waals surface area contributed by atoms with Gasteiger partial charge in [0.1, 0.15) is 0 Å². The van der Waals surface area contributed by atoms with Gasteiger partial charge in [0.15, 0.2) is 0 Å². The fourth-order valence-electron chi connectivity index (χ4n) is 4.65. The predicted molar refractivity (Wildman–Crippen MR) is 151 cm³/mol. The average molecular weight is 894 g/mol. The topological polar surface area (TPSA) is 143 Å². The number of hydrogen-bond donors (Lipinski definition) is 0. The van der Waals surface area contributed by atoms with Crippen molar-refractivity contribution in [2.24, 2.45) is 0 Å². The highest BCUT2D eigenvalue weighted by Crippen LogP contribution is 2.74. The van der Waals surface area contributed by atoms with Gasteiger partial charge < -0.3 is 23.3 Å². The van der Waals surface area contributed by atoms with Crippen LogP contribution in [0, 0.1) is 0 Å². The molecule has 326 valence electrons. The molecular formula is C24H40F15N2O10P3. The average Bonchev–Trinajstić information content (AvgIpc) is 3.55. The van der Waals surface area contributed by atoms with E-state index in [4.69, 9.17) is 0 Å². The zero-order valence-electron chi connectivity index (χ0n) is 28.9. The molecule has 12 nitrogen and oxygen atoms in total. The number of phosphoric ester groups is 1. The summed E-state index contributed by atoms with van der Waals surface area (Å²) in [6.45, 7) is 13.1. The van der Waals surface area contributed by atoms with Crippen LogP contribution in [-0.4, -0.2) is 99.2 Å². The fourth-order valence-corrected chi connectivity index (χ4v) is 8.72.